The molecular formula is C22H26FN7O. The molecule has 1 aromatic carbocycles. The number of hydrogen-bond acceptors (Lipinski definition) is 7. The molecule has 162 valence electrons. The first kappa shape index (κ1) is 19.9. The molecular weight excluding hydrogens is 397 g/mol. The van der Waals surface area contributed by atoms with Crippen molar-refractivity contribution in [1.82, 2.24) is 30.0 Å². The highest BCUT2D eigenvalue weighted by molar-refractivity contribution is 5.68. The van der Waals surface area contributed by atoms with E-state index >= 15 is 4.39 Å². The summed E-state index contributed by atoms with van der Waals surface area (Å²) in [4.78, 5) is 10.2. The Kier molecular flexibility index (Phi) is 5.05. The maximum absolute atomic E-state index is 15.2. The van der Waals surface area contributed by atoms with Gasteiger partial charge < -0.3 is 19.9 Å². The normalized spacial score (nSPS) is 27.8. The highest BCUT2D eigenvalue weighted by atomic mass is 19.1. The second kappa shape index (κ2) is 7.88. The van der Waals surface area contributed by atoms with Gasteiger partial charge in [-0.1, -0.05) is 6.92 Å². The topological polar surface area (TPSA) is 92.0 Å². The average Bonchev–Trinajstić information content (AvgIpc) is 3.31. The second-order valence-electron chi connectivity index (χ2n) is 8.72. The third-order valence-electron chi connectivity index (χ3n) is 6.49. The van der Waals surface area contributed by atoms with Crippen LogP contribution in [0.5, 0.6) is 5.75 Å². The van der Waals surface area contributed by atoms with Crippen molar-refractivity contribution in [1.29, 1.82) is 0 Å². The number of aromatic hydroxyl groups is 1. The third kappa shape index (κ3) is 3.74. The Balaban J connectivity index is 1.34. The van der Waals surface area contributed by atoms with E-state index in [1.807, 2.05) is 13.1 Å². The molecule has 2 fully saturated rings. The lowest BCUT2D eigenvalue weighted by atomic mass is 9.77. The van der Waals surface area contributed by atoms with Crippen LogP contribution in [0.4, 0.5) is 10.3 Å². The van der Waals surface area contributed by atoms with Crippen LogP contribution in [-0.4, -0.2) is 61.2 Å². The Morgan fingerprint density at radius 3 is 2.81 bits per heavy atom. The molecule has 0 saturated carbocycles. The number of benzene rings is 1. The van der Waals surface area contributed by atoms with Crippen LogP contribution in [0.25, 0.3) is 16.9 Å². The van der Waals surface area contributed by atoms with E-state index < -0.39 is 6.17 Å². The molecule has 4 heterocycles. The summed E-state index contributed by atoms with van der Waals surface area (Å²) in [6.45, 7) is 2.20. The summed E-state index contributed by atoms with van der Waals surface area (Å²) >= 11 is 0. The fourth-order valence-corrected chi connectivity index (χ4v) is 4.91. The van der Waals surface area contributed by atoms with Gasteiger partial charge in [0.1, 0.15) is 17.6 Å². The standard InChI is InChI=1S/C22H26FN7O/c1-13-7-14-9-19(21(23)17(8-13)26-14)29(2)22-25-11-18(27-28-22)16-4-3-15(10-20(16)31)30-6-5-24-12-30/h3-6,10-14,17,19,21,26,31H,7-9H2,1-2H3/t13?,14-,17+,19-,21-/m0/s1. The Bertz CT molecular complexity index is 1040. The third-order valence-corrected chi connectivity index (χ3v) is 6.49. The number of fused-ring (bicyclic) bond motifs is 2. The lowest BCUT2D eigenvalue weighted by molar-refractivity contribution is 0.0848. The van der Waals surface area contributed by atoms with Crippen molar-refractivity contribution in [3.05, 3.63) is 43.1 Å². The number of phenols is 1. The second-order valence-corrected chi connectivity index (χ2v) is 8.72. The number of nitrogens with zero attached hydrogens (tertiary/aromatic N) is 6. The minimum Gasteiger partial charge on any atom is -0.507 e. The molecule has 5 rings (SSSR count). The molecule has 2 saturated heterocycles. The van der Waals surface area contributed by atoms with Crippen LogP contribution in [-0.2, 0) is 0 Å². The molecule has 0 spiro atoms. The highest BCUT2D eigenvalue weighted by Gasteiger charge is 2.43. The van der Waals surface area contributed by atoms with E-state index in [4.69, 9.17) is 0 Å². The fraction of sp³-hybridized carbons (Fsp3) is 0.455. The Labute approximate surface area is 180 Å². The van der Waals surface area contributed by atoms with E-state index in [9.17, 15) is 5.11 Å². The predicted octanol–water partition coefficient (Wildman–Crippen LogP) is 2.73. The summed E-state index contributed by atoms with van der Waals surface area (Å²) in [5.74, 6) is 1.01. The maximum Gasteiger partial charge on any atom is 0.245 e. The summed E-state index contributed by atoms with van der Waals surface area (Å²) in [5.41, 5.74) is 1.78. The van der Waals surface area contributed by atoms with Crippen LogP contribution < -0.4 is 10.2 Å². The van der Waals surface area contributed by atoms with Crippen LogP contribution >= 0.6 is 0 Å². The minimum atomic E-state index is -0.980. The maximum atomic E-state index is 15.2. The van der Waals surface area contributed by atoms with Crippen molar-refractivity contribution in [2.45, 2.75) is 50.5 Å². The lowest BCUT2D eigenvalue weighted by Gasteiger charge is -2.47. The fourth-order valence-electron chi connectivity index (χ4n) is 4.91. The molecule has 5 atom stereocenters. The minimum absolute atomic E-state index is 0.0764. The summed E-state index contributed by atoms with van der Waals surface area (Å²) in [5, 5.41) is 22.4. The number of alkyl halides is 1. The SMILES string of the molecule is CC1C[C@H]2C[C@H](N(C)c3ncc(-c4ccc(-n5ccnc5)cc4O)nn3)[C@@H](F)[C@@H](C1)N2. The van der Waals surface area contributed by atoms with Crippen LogP contribution in [0.15, 0.2) is 43.1 Å². The van der Waals surface area contributed by atoms with E-state index in [1.54, 1.807) is 46.5 Å². The first-order valence-corrected chi connectivity index (χ1v) is 10.6. The molecule has 0 aliphatic carbocycles. The number of rotatable bonds is 4. The van der Waals surface area contributed by atoms with Gasteiger partial charge in [0, 0.05) is 43.2 Å². The van der Waals surface area contributed by atoms with Crippen molar-refractivity contribution < 1.29 is 9.50 Å². The first-order valence-electron chi connectivity index (χ1n) is 10.6. The Morgan fingerprint density at radius 1 is 1.23 bits per heavy atom. The average molecular weight is 423 g/mol. The molecule has 3 aromatic rings. The molecule has 8 nitrogen and oxygen atoms in total. The van der Waals surface area contributed by atoms with E-state index in [1.165, 1.54) is 0 Å². The van der Waals surface area contributed by atoms with Gasteiger partial charge >= 0.3 is 0 Å². The van der Waals surface area contributed by atoms with Crippen LogP contribution in [0.1, 0.15) is 26.2 Å². The molecule has 2 N–H and O–H groups in total. The zero-order valence-corrected chi connectivity index (χ0v) is 17.6. The zero-order chi connectivity index (χ0) is 21.5. The molecule has 2 aliphatic rings. The monoisotopic (exact) mass is 423 g/mol. The molecule has 9 heteroatoms. The van der Waals surface area contributed by atoms with E-state index in [-0.39, 0.29) is 17.8 Å². The predicted molar refractivity (Wildman–Crippen MR) is 115 cm³/mol. The van der Waals surface area contributed by atoms with Crippen LogP contribution in [0, 0.1) is 5.92 Å². The van der Waals surface area contributed by atoms with Gasteiger partial charge in [-0.3, -0.25) is 0 Å². The van der Waals surface area contributed by atoms with Gasteiger partial charge in [0.15, 0.2) is 0 Å². The molecule has 0 amide bonds. The van der Waals surface area contributed by atoms with Crippen molar-refractivity contribution >= 4 is 5.95 Å². The van der Waals surface area contributed by atoms with Gasteiger partial charge in [0.05, 0.1) is 24.3 Å². The van der Waals surface area contributed by atoms with Crippen molar-refractivity contribution in [2.24, 2.45) is 5.92 Å². The van der Waals surface area contributed by atoms with E-state index in [0.29, 0.717) is 29.2 Å². The van der Waals surface area contributed by atoms with Gasteiger partial charge in [-0.25, -0.2) is 14.4 Å². The van der Waals surface area contributed by atoms with Crippen LogP contribution in [0.2, 0.25) is 0 Å². The summed E-state index contributed by atoms with van der Waals surface area (Å²) in [6, 6.07) is 5.20. The quantitative estimate of drug-likeness (QED) is 0.667. The number of hydrogen-bond donors (Lipinski definition) is 2. The van der Waals surface area contributed by atoms with Gasteiger partial charge in [-0.15, -0.1) is 10.2 Å². The summed E-state index contributed by atoms with van der Waals surface area (Å²) in [6.07, 6.45) is 8.37. The first-order chi connectivity index (χ1) is 15.0. The molecule has 2 aliphatic heterocycles. The number of halogens is 1. The number of anilines is 1. The molecule has 1 unspecified atom stereocenters. The number of piperidine rings is 2. The lowest BCUT2D eigenvalue weighted by Crippen LogP contribution is -2.62. The van der Waals surface area contributed by atoms with Crippen molar-refractivity contribution in [3.63, 3.8) is 0 Å². The summed E-state index contributed by atoms with van der Waals surface area (Å²) < 4.78 is 17.0. The van der Waals surface area contributed by atoms with E-state index in [2.05, 4.69) is 32.4 Å². The van der Waals surface area contributed by atoms with Gasteiger partial charge in [-0.05, 0) is 37.3 Å². The van der Waals surface area contributed by atoms with Crippen LogP contribution in [0.3, 0.4) is 0 Å². The van der Waals surface area contributed by atoms with Gasteiger partial charge in [-0.2, -0.15) is 0 Å². The van der Waals surface area contributed by atoms with Crippen molar-refractivity contribution in [2.75, 3.05) is 11.9 Å². The van der Waals surface area contributed by atoms with E-state index in [0.717, 1.165) is 24.9 Å². The molecule has 2 aromatic heterocycles. The van der Waals surface area contributed by atoms with Crippen molar-refractivity contribution in [3.8, 4) is 22.7 Å². The number of nitrogens with one attached hydrogen (secondary N) is 1. The summed E-state index contributed by atoms with van der Waals surface area (Å²) in [7, 11) is 1.83. The zero-order valence-electron chi connectivity index (χ0n) is 17.6. The number of phenolic OH excluding ortho intramolecular Hbond substituents is 1. The van der Waals surface area contributed by atoms with Gasteiger partial charge in [0.2, 0.25) is 5.95 Å². The Hall–Kier alpha value is -3.07. The largest absolute Gasteiger partial charge is 0.507 e. The Morgan fingerprint density at radius 2 is 2.10 bits per heavy atom. The highest BCUT2D eigenvalue weighted by Crippen LogP contribution is 2.34. The molecule has 31 heavy (non-hydrogen) atoms. The van der Waals surface area contributed by atoms with Gasteiger partial charge in [0.25, 0.3) is 0 Å². The molecule has 0 radical (unpaired) electrons. The molecule has 2 bridgehead atoms. The number of imidazole rings is 1. The number of aromatic nitrogens is 5. The smallest absolute Gasteiger partial charge is 0.245 e.